The summed E-state index contributed by atoms with van der Waals surface area (Å²) in [5, 5.41) is 6.52. The van der Waals surface area contributed by atoms with Crippen molar-refractivity contribution in [3.63, 3.8) is 0 Å². The molecule has 1 aliphatic heterocycles. The molecular formula is C26H29N3O5S. The molecule has 1 fully saturated rings. The maximum absolute atomic E-state index is 12.7. The summed E-state index contributed by atoms with van der Waals surface area (Å²) < 4.78 is 18.3. The van der Waals surface area contributed by atoms with Crippen molar-refractivity contribution >= 4 is 40.5 Å². The molecule has 0 saturated carbocycles. The summed E-state index contributed by atoms with van der Waals surface area (Å²) in [6, 6.07) is 22.2. The molecule has 0 bridgehead atoms. The van der Waals surface area contributed by atoms with Crippen molar-refractivity contribution in [3.8, 4) is 0 Å². The molecule has 0 radical (unpaired) electrons. The van der Waals surface area contributed by atoms with Crippen molar-refractivity contribution in [1.82, 2.24) is 10.4 Å². The summed E-state index contributed by atoms with van der Waals surface area (Å²) >= 11 is -1.63. The Morgan fingerprint density at radius 2 is 1.63 bits per heavy atom. The summed E-state index contributed by atoms with van der Waals surface area (Å²) in [7, 11) is 0. The molecule has 0 aliphatic carbocycles. The number of carbonyl (C=O) groups excluding carboxylic acids is 3. The third kappa shape index (κ3) is 7.29. The Hall–Kier alpha value is -3.40. The highest BCUT2D eigenvalue weighted by molar-refractivity contribution is 7.80. The first kappa shape index (κ1) is 26.2. The predicted octanol–water partition coefficient (Wildman–Crippen LogP) is 2.53. The SMILES string of the molecule is C=O.NC(=O)C(Cc1ccccc1)NC(=O)C1CCN(OS(=O)c2ccc3ccccc3c2)CC1. The van der Waals surface area contributed by atoms with Gasteiger partial charge in [0, 0.05) is 25.4 Å². The zero-order valence-electron chi connectivity index (χ0n) is 19.3. The minimum Gasteiger partial charge on any atom is -0.368 e. The third-order valence-electron chi connectivity index (χ3n) is 5.85. The van der Waals surface area contributed by atoms with E-state index in [9.17, 15) is 13.8 Å². The topological polar surface area (TPSA) is 119 Å². The van der Waals surface area contributed by atoms with Crippen molar-refractivity contribution in [2.45, 2.75) is 30.2 Å². The monoisotopic (exact) mass is 495 g/mol. The van der Waals surface area contributed by atoms with Crippen molar-refractivity contribution in [2.24, 2.45) is 11.7 Å². The zero-order chi connectivity index (χ0) is 25.2. The molecular weight excluding hydrogens is 466 g/mol. The number of piperidine rings is 1. The van der Waals surface area contributed by atoms with Gasteiger partial charge in [0.25, 0.3) is 0 Å². The molecule has 184 valence electrons. The molecule has 2 atom stereocenters. The molecule has 3 aromatic carbocycles. The van der Waals surface area contributed by atoms with E-state index in [4.69, 9.17) is 14.8 Å². The normalized spacial score (nSPS) is 16.0. The minimum atomic E-state index is -1.63. The Morgan fingerprint density at radius 1 is 1.00 bits per heavy atom. The van der Waals surface area contributed by atoms with Crippen LogP contribution < -0.4 is 11.1 Å². The molecule has 9 heteroatoms. The molecule has 1 aliphatic rings. The van der Waals surface area contributed by atoms with Gasteiger partial charge in [0.05, 0.1) is 4.90 Å². The van der Waals surface area contributed by atoms with Gasteiger partial charge in [-0.2, -0.15) is 9.35 Å². The van der Waals surface area contributed by atoms with Crippen molar-refractivity contribution < 1.29 is 22.9 Å². The molecule has 8 nitrogen and oxygen atoms in total. The number of nitrogens with zero attached hydrogens (tertiary/aromatic N) is 1. The Kier molecular flexibility index (Phi) is 9.66. The van der Waals surface area contributed by atoms with Gasteiger partial charge in [-0.15, -0.1) is 0 Å². The summed E-state index contributed by atoms with van der Waals surface area (Å²) in [4.78, 5) is 33.2. The van der Waals surface area contributed by atoms with E-state index in [1.807, 2.05) is 73.5 Å². The fourth-order valence-corrected chi connectivity index (χ4v) is 4.79. The van der Waals surface area contributed by atoms with E-state index in [2.05, 4.69) is 5.32 Å². The number of primary amides is 1. The second-order valence-corrected chi connectivity index (χ2v) is 9.26. The quantitative estimate of drug-likeness (QED) is 0.496. The standard InChI is InChI=1S/C25H27N3O4S.CH2O/c26-24(29)23(16-18-6-2-1-3-7-18)27-25(30)20-12-14-28(15-13-20)32-33(31)22-11-10-19-8-4-5-9-21(19)17-22;1-2/h1-11,17,20,23H,12-16H2,(H2,26,29)(H,27,30);1H2. The number of hydrogen-bond donors (Lipinski definition) is 2. The van der Waals surface area contributed by atoms with Gasteiger partial charge in [-0.1, -0.05) is 60.7 Å². The highest BCUT2D eigenvalue weighted by Gasteiger charge is 2.29. The highest BCUT2D eigenvalue weighted by Crippen LogP contribution is 2.22. The van der Waals surface area contributed by atoms with Crippen LogP contribution in [0.15, 0.2) is 77.7 Å². The first-order valence-electron chi connectivity index (χ1n) is 11.3. The smallest absolute Gasteiger partial charge is 0.240 e. The van der Waals surface area contributed by atoms with Crippen molar-refractivity contribution in [3.05, 3.63) is 78.4 Å². The van der Waals surface area contributed by atoms with Crippen LogP contribution >= 0.6 is 0 Å². The van der Waals surface area contributed by atoms with E-state index in [0.29, 0.717) is 37.2 Å². The second kappa shape index (κ2) is 12.9. The van der Waals surface area contributed by atoms with Crippen molar-refractivity contribution in [2.75, 3.05) is 13.1 Å². The van der Waals surface area contributed by atoms with E-state index in [1.54, 1.807) is 11.1 Å². The Bertz CT molecular complexity index is 1170. The van der Waals surface area contributed by atoms with Gasteiger partial charge in [-0.3, -0.25) is 9.59 Å². The molecule has 1 heterocycles. The fourth-order valence-electron chi connectivity index (χ4n) is 3.96. The van der Waals surface area contributed by atoms with Crippen LogP contribution in [0.2, 0.25) is 0 Å². The number of carbonyl (C=O) groups is 3. The molecule has 3 N–H and O–H groups in total. The Labute approximate surface area is 207 Å². The number of fused-ring (bicyclic) bond motifs is 1. The van der Waals surface area contributed by atoms with Crippen LogP contribution in [0.5, 0.6) is 0 Å². The lowest BCUT2D eigenvalue weighted by Gasteiger charge is -2.30. The molecule has 2 amide bonds. The van der Waals surface area contributed by atoms with Gasteiger partial charge in [0.1, 0.15) is 12.8 Å². The van der Waals surface area contributed by atoms with Crippen LogP contribution in [0.1, 0.15) is 18.4 Å². The van der Waals surface area contributed by atoms with Gasteiger partial charge in [-0.25, -0.2) is 4.21 Å². The third-order valence-corrected chi connectivity index (χ3v) is 6.84. The second-order valence-electron chi connectivity index (χ2n) is 8.17. The van der Waals surface area contributed by atoms with Crippen LogP contribution in [0.25, 0.3) is 10.8 Å². The molecule has 2 unspecified atom stereocenters. The molecule has 35 heavy (non-hydrogen) atoms. The van der Waals surface area contributed by atoms with Gasteiger partial charge in [0.15, 0.2) is 0 Å². The first-order chi connectivity index (χ1) is 17.0. The number of nitrogens with one attached hydrogen (secondary N) is 1. The summed E-state index contributed by atoms with van der Waals surface area (Å²) in [6.45, 7) is 2.94. The molecule has 4 rings (SSSR count). The number of hydrogen-bond acceptors (Lipinski definition) is 6. The van der Waals surface area contributed by atoms with Crippen LogP contribution in [0.4, 0.5) is 0 Å². The van der Waals surface area contributed by atoms with Crippen molar-refractivity contribution in [1.29, 1.82) is 0 Å². The number of hydroxylamine groups is 2. The van der Waals surface area contributed by atoms with Crippen LogP contribution in [0.3, 0.4) is 0 Å². The summed E-state index contributed by atoms with van der Waals surface area (Å²) in [5.41, 5.74) is 6.44. The van der Waals surface area contributed by atoms with E-state index in [-0.39, 0.29) is 11.8 Å². The van der Waals surface area contributed by atoms with Gasteiger partial charge >= 0.3 is 0 Å². The number of rotatable bonds is 8. The highest BCUT2D eigenvalue weighted by atomic mass is 32.2. The average molecular weight is 496 g/mol. The van der Waals surface area contributed by atoms with E-state index >= 15 is 0 Å². The largest absolute Gasteiger partial charge is 0.368 e. The number of amides is 2. The van der Waals surface area contributed by atoms with Crippen LogP contribution in [-0.4, -0.2) is 47.0 Å². The van der Waals surface area contributed by atoms with Gasteiger partial charge < -0.3 is 15.8 Å². The fraction of sp³-hybridized carbons (Fsp3) is 0.269. The van der Waals surface area contributed by atoms with Gasteiger partial charge in [-0.05, 0) is 41.3 Å². The lowest BCUT2D eigenvalue weighted by Crippen LogP contribution is -2.49. The first-order valence-corrected chi connectivity index (χ1v) is 12.3. The molecule has 0 aromatic heterocycles. The maximum Gasteiger partial charge on any atom is 0.240 e. The summed E-state index contributed by atoms with van der Waals surface area (Å²) in [5.74, 6) is -1.000. The Balaban J connectivity index is 0.00000167. The van der Waals surface area contributed by atoms with E-state index in [0.717, 1.165) is 16.3 Å². The molecule has 1 saturated heterocycles. The maximum atomic E-state index is 12.7. The van der Waals surface area contributed by atoms with Gasteiger partial charge in [0.2, 0.25) is 22.9 Å². The van der Waals surface area contributed by atoms with E-state index < -0.39 is 23.0 Å². The zero-order valence-corrected chi connectivity index (χ0v) is 20.1. The molecule has 0 spiro atoms. The minimum absolute atomic E-state index is 0.190. The molecule has 3 aromatic rings. The van der Waals surface area contributed by atoms with E-state index in [1.165, 1.54) is 0 Å². The number of benzene rings is 3. The van der Waals surface area contributed by atoms with Crippen LogP contribution in [0, 0.1) is 5.92 Å². The summed E-state index contributed by atoms with van der Waals surface area (Å²) in [6.07, 6.45) is 1.43. The number of nitrogens with two attached hydrogens (primary N) is 1. The average Bonchev–Trinajstić information content (AvgIpc) is 2.90. The Morgan fingerprint density at radius 3 is 2.29 bits per heavy atom. The predicted molar refractivity (Wildman–Crippen MR) is 134 cm³/mol. The van der Waals surface area contributed by atoms with Crippen LogP contribution in [-0.2, 0) is 36.2 Å². The lowest BCUT2D eigenvalue weighted by molar-refractivity contribution is -0.134. The lowest BCUT2D eigenvalue weighted by atomic mass is 9.96.